The number of nitrogens with zero attached hydrogens (tertiary/aromatic N) is 4. The first kappa shape index (κ1) is 24.4. The molecular weight excluding hydrogens is 502 g/mol. The first-order chi connectivity index (χ1) is 17.5. The number of fused-ring (bicyclic) bond motifs is 1. The minimum absolute atomic E-state index is 0.269. The molecular formula is C26H23Cl2FN6O. The minimum Gasteiger partial charge on any atom is -0.457 e. The molecule has 10 heteroatoms. The van der Waals surface area contributed by atoms with Gasteiger partial charge in [-0.3, -0.25) is 20.0 Å². The van der Waals surface area contributed by atoms with E-state index in [1.807, 2.05) is 6.07 Å². The maximum Gasteiger partial charge on any atom is 0.134 e. The van der Waals surface area contributed by atoms with E-state index in [-0.39, 0.29) is 5.76 Å². The minimum atomic E-state index is -0.423. The number of hydrogen-bond acceptors (Lipinski definition) is 6. The SMILES string of the molecule is C=C(Oc1ccc2n[nH]c(/C=C(\F)c3ccc(CN4CCNCC4)nc3)c2c1)c1c(Cl)cncc1Cl. The molecule has 0 unspecified atom stereocenters. The van der Waals surface area contributed by atoms with Gasteiger partial charge in [0.25, 0.3) is 0 Å². The van der Waals surface area contributed by atoms with Crippen LogP contribution in [0.2, 0.25) is 10.0 Å². The van der Waals surface area contributed by atoms with Crippen LogP contribution in [0, 0.1) is 0 Å². The second kappa shape index (κ2) is 10.8. The van der Waals surface area contributed by atoms with E-state index < -0.39 is 5.83 Å². The number of piperazine rings is 1. The van der Waals surface area contributed by atoms with Gasteiger partial charge in [-0.2, -0.15) is 5.10 Å². The molecule has 4 heterocycles. The lowest BCUT2D eigenvalue weighted by Crippen LogP contribution is -2.43. The Bertz CT molecular complexity index is 1410. The highest BCUT2D eigenvalue weighted by molar-refractivity contribution is 6.37. The fourth-order valence-electron chi connectivity index (χ4n) is 4.02. The van der Waals surface area contributed by atoms with E-state index in [9.17, 15) is 0 Å². The van der Waals surface area contributed by atoms with Crippen LogP contribution in [0.3, 0.4) is 0 Å². The van der Waals surface area contributed by atoms with Crippen molar-refractivity contribution < 1.29 is 9.13 Å². The van der Waals surface area contributed by atoms with Gasteiger partial charge in [0.1, 0.15) is 17.3 Å². The molecule has 4 aromatic rings. The van der Waals surface area contributed by atoms with Gasteiger partial charge in [0.05, 0.1) is 32.5 Å². The molecule has 36 heavy (non-hydrogen) atoms. The molecule has 1 fully saturated rings. The summed E-state index contributed by atoms with van der Waals surface area (Å²) in [5.41, 5.74) is 2.93. The van der Waals surface area contributed by atoms with E-state index >= 15 is 4.39 Å². The van der Waals surface area contributed by atoms with Gasteiger partial charge < -0.3 is 10.1 Å². The van der Waals surface area contributed by atoms with Crippen LogP contribution < -0.4 is 10.1 Å². The molecule has 0 saturated carbocycles. The van der Waals surface area contributed by atoms with Gasteiger partial charge in [0.2, 0.25) is 0 Å². The molecule has 2 N–H and O–H groups in total. The van der Waals surface area contributed by atoms with Crippen molar-refractivity contribution in [3.8, 4) is 5.75 Å². The van der Waals surface area contributed by atoms with E-state index in [1.165, 1.54) is 18.5 Å². The molecule has 7 nitrogen and oxygen atoms in total. The molecule has 0 bridgehead atoms. The van der Waals surface area contributed by atoms with Crippen molar-refractivity contribution in [3.63, 3.8) is 0 Å². The smallest absolute Gasteiger partial charge is 0.134 e. The lowest BCUT2D eigenvalue weighted by Gasteiger charge is -2.26. The Kier molecular flexibility index (Phi) is 7.29. The predicted octanol–water partition coefficient (Wildman–Crippen LogP) is 5.58. The van der Waals surface area contributed by atoms with Crippen molar-refractivity contribution in [3.05, 3.63) is 88.1 Å². The Hall–Kier alpha value is -3.30. The van der Waals surface area contributed by atoms with Crippen LogP contribution in [-0.4, -0.2) is 51.2 Å². The Balaban J connectivity index is 1.34. The molecule has 0 spiro atoms. The summed E-state index contributed by atoms with van der Waals surface area (Å²) in [5, 5.41) is 11.8. The van der Waals surface area contributed by atoms with E-state index in [0.717, 1.165) is 38.4 Å². The molecule has 5 rings (SSSR count). The largest absolute Gasteiger partial charge is 0.457 e. The third kappa shape index (κ3) is 5.42. The maximum atomic E-state index is 15.1. The number of aromatic amines is 1. The Morgan fingerprint density at radius 1 is 1.11 bits per heavy atom. The van der Waals surface area contributed by atoms with Crippen molar-refractivity contribution in [2.45, 2.75) is 6.54 Å². The van der Waals surface area contributed by atoms with Crippen LogP contribution in [0.5, 0.6) is 5.75 Å². The van der Waals surface area contributed by atoms with E-state index in [2.05, 4.69) is 37.0 Å². The number of benzene rings is 1. The van der Waals surface area contributed by atoms with Crippen molar-refractivity contribution in [1.82, 2.24) is 30.4 Å². The summed E-state index contributed by atoms with van der Waals surface area (Å²) >= 11 is 12.4. The summed E-state index contributed by atoms with van der Waals surface area (Å²) in [5.74, 6) is 0.324. The summed E-state index contributed by atoms with van der Waals surface area (Å²) in [6.45, 7) is 8.59. The van der Waals surface area contributed by atoms with Gasteiger partial charge in [-0.1, -0.05) is 29.8 Å². The van der Waals surface area contributed by atoms with Crippen molar-refractivity contribution in [1.29, 1.82) is 0 Å². The molecule has 0 aliphatic carbocycles. The van der Waals surface area contributed by atoms with Crippen LogP contribution in [0.1, 0.15) is 22.5 Å². The molecule has 1 saturated heterocycles. The van der Waals surface area contributed by atoms with E-state index in [1.54, 1.807) is 30.5 Å². The summed E-state index contributed by atoms with van der Waals surface area (Å²) < 4.78 is 21.0. The quantitative estimate of drug-likeness (QED) is 0.307. The number of H-pyrrole nitrogens is 1. The molecule has 0 atom stereocenters. The van der Waals surface area contributed by atoms with Crippen LogP contribution >= 0.6 is 23.2 Å². The fraction of sp³-hybridized carbons (Fsp3) is 0.192. The molecule has 1 aliphatic heterocycles. The summed E-state index contributed by atoms with van der Waals surface area (Å²) in [6.07, 6.45) is 5.89. The van der Waals surface area contributed by atoms with E-state index in [4.69, 9.17) is 27.9 Å². The number of halogens is 3. The summed E-state index contributed by atoms with van der Waals surface area (Å²) in [7, 11) is 0. The molecule has 0 radical (unpaired) electrons. The monoisotopic (exact) mass is 524 g/mol. The Labute approximate surface area is 217 Å². The van der Waals surface area contributed by atoms with Crippen LogP contribution in [0.4, 0.5) is 4.39 Å². The van der Waals surface area contributed by atoms with Crippen molar-refractivity contribution in [2.75, 3.05) is 26.2 Å². The molecule has 184 valence electrons. The van der Waals surface area contributed by atoms with Gasteiger partial charge in [-0.15, -0.1) is 0 Å². The predicted molar refractivity (Wildman–Crippen MR) is 141 cm³/mol. The third-order valence-electron chi connectivity index (χ3n) is 5.90. The topological polar surface area (TPSA) is 79.0 Å². The van der Waals surface area contributed by atoms with Crippen LogP contribution in [-0.2, 0) is 6.54 Å². The van der Waals surface area contributed by atoms with Crippen molar-refractivity contribution >= 4 is 51.8 Å². The second-order valence-electron chi connectivity index (χ2n) is 8.38. The first-order valence-electron chi connectivity index (χ1n) is 11.4. The average Bonchev–Trinajstić information content (AvgIpc) is 3.27. The summed E-state index contributed by atoms with van der Waals surface area (Å²) in [4.78, 5) is 10.7. The van der Waals surface area contributed by atoms with Crippen molar-refractivity contribution in [2.24, 2.45) is 0 Å². The normalized spacial score (nSPS) is 14.8. The zero-order chi connectivity index (χ0) is 25.1. The highest BCUT2D eigenvalue weighted by atomic mass is 35.5. The third-order valence-corrected chi connectivity index (χ3v) is 6.47. The fourth-order valence-corrected chi connectivity index (χ4v) is 4.60. The number of hydrogen-bond donors (Lipinski definition) is 2. The lowest BCUT2D eigenvalue weighted by atomic mass is 10.1. The first-order valence-corrected chi connectivity index (χ1v) is 12.1. The highest BCUT2D eigenvalue weighted by Gasteiger charge is 2.14. The van der Waals surface area contributed by atoms with Crippen LogP contribution in [0.25, 0.3) is 28.6 Å². The standard InChI is InChI=1S/C26H23Cl2FN6O/c1-16(26-21(27)13-31-14-22(26)28)36-19-4-5-24-20(10-19)25(34-33-24)11-23(29)17-2-3-18(32-12-17)15-35-8-6-30-7-9-35/h2-5,10-14,30H,1,6-9,15H2,(H,33,34)/b23-11-. The van der Waals surface area contributed by atoms with Gasteiger partial charge in [-0.25, -0.2) is 4.39 Å². The number of rotatable bonds is 7. The molecule has 0 amide bonds. The van der Waals surface area contributed by atoms with E-state index in [0.29, 0.717) is 43.5 Å². The summed E-state index contributed by atoms with van der Waals surface area (Å²) in [6, 6.07) is 8.87. The lowest BCUT2D eigenvalue weighted by molar-refractivity contribution is 0.231. The second-order valence-corrected chi connectivity index (χ2v) is 9.19. The van der Waals surface area contributed by atoms with Gasteiger partial charge in [0.15, 0.2) is 0 Å². The molecule has 3 aromatic heterocycles. The van der Waals surface area contributed by atoms with Gasteiger partial charge >= 0.3 is 0 Å². The molecule has 1 aliphatic rings. The number of aromatic nitrogens is 4. The zero-order valence-corrected chi connectivity index (χ0v) is 20.8. The molecule has 1 aromatic carbocycles. The van der Waals surface area contributed by atoms with Crippen LogP contribution in [0.15, 0.2) is 55.5 Å². The highest BCUT2D eigenvalue weighted by Crippen LogP contribution is 2.32. The maximum absolute atomic E-state index is 15.1. The number of ether oxygens (including phenoxy) is 1. The zero-order valence-electron chi connectivity index (χ0n) is 19.3. The van der Waals surface area contributed by atoms with Gasteiger partial charge in [0, 0.05) is 68.3 Å². The Morgan fingerprint density at radius 2 is 1.89 bits per heavy atom. The Morgan fingerprint density at radius 3 is 2.61 bits per heavy atom. The van der Waals surface area contributed by atoms with Gasteiger partial charge in [-0.05, 0) is 30.3 Å². The number of pyridine rings is 2. The average molecular weight is 525 g/mol. The number of nitrogens with one attached hydrogen (secondary N) is 2.